The summed E-state index contributed by atoms with van der Waals surface area (Å²) in [6.45, 7) is 0. The highest BCUT2D eigenvalue weighted by atomic mass is 32.2. The van der Waals surface area contributed by atoms with Gasteiger partial charge in [0.1, 0.15) is 17.2 Å². The maximum atomic E-state index is 13.0. The van der Waals surface area contributed by atoms with Crippen molar-refractivity contribution in [1.82, 2.24) is 5.06 Å². The van der Waals surface area contributed by atoms with E-state index in [0.717, 1.165) is 12.1 Å². The molecule has 38 heavy (non-hydrogen) atoms. The number of hydrogen-bond donors (Lipinski definition) is 1. The average molecular weight is 553 g/mol. The molecule has 3 aromatic carbocycles. The smallest absolute Gasteiger partial charge is 0.550 e. The van der Waals surface area contributed by atoms with Crippen molar-refractivity contribution in [3.63, 3.8) is 0 Å². The second-order valence-corrected chi connectivity index (χ2v) is 10.1. The number of amides is 1. The molecule has 9 nitrogen and oxygen atoms in total. The first-order chi connectivity index (χ1) is 17.8. The van der Waals surface area contributed by atoms with E-state index in [9.17, 15) is 41.5 Å². The number of halogens is 3. The van der Waals surface area contributed by atoms with Gasteiger partial charge < -0.3 is 19.4 Å². The number of carbonyl (C=O) groups excluding carboxylic acids is 2. The van der Waals surface area contributed by atoms with E-state index in [2.05, 4.69) is 4.74 Å². The summed E-state index contributed by atoms with van der Waals surface area (Å²) in [6.07, 6.45) is -5.19. The molecule has 0 spiro atoms. The fourth-order valence-electron chi connectivity index (χ4n) is 3.53. The summed E-state index contributed by atoms with van der Waals surface area (Å²) in [5, 5.41) is 21.1. The molecule has 0 aliphatic carbocycles. The normalized spacial score (nSPS) is 12.4. The Bertz CT molecular complexity index is 1360. The van der Waals surface area contributed by atoms with Gasteiger partial charge in [-0.1, -0.05) is 24.3 Å². The van der Waals surface area contributed by atoms with E-state index in [-0.39, 0.29) is 40.7 Å². The van der Waals surface area contributed by atoms with E-state index in [1.807, 2.05) is 0 Å². The molecule has 0 aliphatic heterocycles. The second-order valence-electron chi connectivity index (χ2n) is 8.09. The third kappa shape index (κ3) is 8.49. The van der Waals surface area contributed by atoms with E-state index >= 15 is 0 Å². The number of ether oxygens (including phenoxy) is 2. The number of rotatable bonds is 12. The number of nitrogens with zero attached hydrogens (tertiary/aromatic N) is 1. The fourth-order valence-corrected chi connectivity index (χ4v) is 5.05. The zero-order valence-electron chi connectivity index (χ0n) is 19.5. The molecule has 0 saturated heterocycles. The van der Waals surface area contributed by atoms with Crippen molar-refractivity contribution in [2.75, 3.05) is 5.75 Å². The van der Waals surface area contributed by atoms with Gasteiger partial charge >= 0.3 is 6.36 Å². The Balaban J connectivity index is 1.70. The zero-order chi connectivity index (χ0) is 27.9. The maximum absolute atomic E-state index is 13.0. The molecule has 3 aromatic rings. The summed E-state index contributed by atoms with van der Waals surface area (Å²) in [5.41, 5.74) is 0.915. The van der Waals surface area contributed by atoms with Crippen LogP contribution in [-0.2, 0) is 32.3 Å². The Labute approximate surface area is 215 Å². The third-order valence-corrected chi connectivity index (χ3v) is 6.99. The van der Waals surface area contributed by atoms with E-state index < -0.39 is 39.7 Å². The van der Waals surface area contributed by atoms with Gasteiger partial charge in [0.05, 0.1) is 16.7 Å². The number of carboxylic acids is 1. The van der Waals surface area contributed by atoms with Crippen LogP contribution in [0.1, 0.15) is 11.1 Å². The molecule has 1 atom stereocenters. The van der Waals surface area contributed by atoms with Crippen LogP contribution in [0.5, 0.6) is 17.2 Å². The number of hydroxylamine groups is 2. The van der Waals surface area contributed by atoms with Gasteiger partial charge in [0, 0.05) is 12.4 Å². The van der Waals surface area contributed by atoms with Crippen LogP contribution in [0.25, 0.3) is 0 Å². The lowest BCUT2D eigenvalue weighted by Gasteiger charge is -2.23. The van der Waals surface area contributed by atoms with Gasteiger partial charge in [0.25, 0.3) is 0 Å². The van der Waals surface area contributed by atoms with Crippen molar-refractivity contribution in [3.05, 3.63) is 83.9 Å². The van der Waals surface area contributed by atoms with E-state index in [1.54, 1.807) is 18.2 Å². The Kier molecular flexibility index (Phi) is 8.96. The molecule has 0 aromatic heterocycles. The molecule has 1 amide bonds. The van der Waals surface area contributed by atoms with Gasteiger partial charge in [-0.2, -0.15) is 0 Å². The van der Waals surface area contributed by atoms with Crippen molar-refractivity contribution in [3.8, 4) is 17.2 Å². The molecular weight excluding hydrogens is 531 g/mol. The van der Waals surface area contributed by atoms with Gasteiger partial charge in [-0.05, 0) is 66.1 Å². The summed E-state index contributed by atoms with van der Waals surface area (Å²) in [6, 6.07) is 14.8. The highest BCUT2D eigenvalue weighted by Gasteiger charge is 2.31. The molecule has 1 N–H and O–H groups in total. The summed E-state index contributed by atoms with van der Waals surface area (Å²) >= 11 is 0. The van der Waals surface area contributed by atoms with E-state index in [4.69, 9.17) is 4.74 Å². The number of carboxylic acid groups (broad SMARTS) is 1. The van der Waals surface area contributed by atoms with Gasteiger partial charge in [0.15, 0.2) is 9.84 Å². The number of alkyl halides is 3. The Morgan fingerprint density at radius 2 is 1.53 bits per heavy atom. The van der Waals surface area contributed by atoms with Crippen LogP contribution in [0.15, 0.2) is 77.7 Å². The largest absolute Gasteiger partial charge is 0.573 e. The maximum Gasteiger partial charge on any atom is 0.573 e. The van der Waals surface area contributed by atoms with Crippen molar-refractivity contribution in [2.24, 2.45) is 0 Å². The van der Waals surface area contributed by atoms with Crippen LogP contribution in [0.4, 0.5) is 13.2 Å². The van der Waals surface area contributed by atoms with Crippen molar-refractivity contribution < 1.29 is 51.0 Å². The minimum Gasteiger partial charge on any atom is -0.550 e. The van der Waals surface area contributed by atoms with Crippen molar-refractivity contribution in [1.29, 1.82) is 0 Å². The van der Waals surface area contributed by atoms with Gasteiger partial charge in [-0.25, -0.2) is 13.5 Å². The molecule has 0 saturated carbocycles. The molecule has 13 heteroatoms. The van der Waals surface area contributed by atoms with E-state index in [1.165, 1.54) is 42.5 Å². The highest BCUT2D eigenvalue weighted by molar-refractivity contribution is 7.91. The zero-order valence-corrected chi connectivity index (χ0v) is 20.3. The molecule has 0 radical (unpaired) electrons. The first-order valence-electron chi connectivity index (χ1n) is 10.9. The van der Waals surface area contributed by atoms with Gasteiger partial charge in [-0.3, -0.25) is 10.0 Å². The third-order valence-electron chi connectivity index (χ3n) is 5.18. The minimum absolute atomic E-state index is 0.0766. The van der Waals surface area contributed by atoms with Crippen LogP contribution in [0.3, 0.4) is 0 Å². The number of benzene rings is 3. The average Bonchev–Trinajstić information content (AvgIpc) is 2.83. The fraction of sp³-hybridized carbons (Fsp3) is 0.200. The molecule has 202 valence electrons. The quantitative estimate of drug-likeness (QED) is 0.206. The predicted octanol–water partition coefficient (Wildman–Crippen LogP) is 2.90. The summed E-state index contributed by atoms with van der Waals surface area (Å²) < 4.78 is 72.1. The van der Waals surface area contributed by atoms with Crippen LogP contribution in [-0.4, -0.2) is 49.2 Å². The first-order valence-corrected chi connectivity index (χ1v) is 12.6. The molecular formula is C25H21F3NO8S-. The highest BCUT2D eigenvalue weighted by Crippen LogP contribution is 2.28. The first kappa shape index (κ1) is 28.5. The molecule has 0 heterocycles. The van der Waals surface area contributed by atoms with Gasteiger partial charge in [-0.15, -0.1) is 13.2 Å². The summed E-state index contributed by atoms with van der Waals surface area (Å²) in [7, 11) is -4.02. The number of sulfone groups is 1. The topological polar surface area (TPSA) is 133 Å². The lowest BCUT2D eigenvalue weighted by Crippen LogP contribution is -2.38. The van der Waals surface area contributed by atoms with Crippen LogP contribution >= 0.6 is 0 Å². The number of aliphatic carboxylic acids is 1. The molecule has 1 unspecified atom stereocenters. The van der Waals surface area contributed by atoms with Crippen molar-refractivity contribution >= 4 is 22.2 Å². The van der Waals surface area contributed by atoms with Crippen LogP contribution < -0.4 is 14.6 Å². The Morgan fingerprint density at radius 3 is 2.08 bits per heavy atom. The number of hydrogen-bond acceptors (Lipinski definition) is 8. The van der Waals surface area contributed by atoms with E-state index in [0.29, 0.717) is 11.1 Å². The second kappa shape index (κ2) is 12.0. The SMILES string of the molecule is O=CN(O)C(Cc1cccc(CC(=O)[O-])c1)CS(=O)(=O)c1ccc(Oc2ccc(OC(F)(F)F)cc2)cc1. The standard InChI is InChI=1S/C25H22F3NO8S/c26-25(27,28)37-22-6-4-20(5-7-22)36-21-8-10-23(11-9-21)38(34,35)15-19(29(33)16-30)13-17-2-1-3-18(12-17)14-24(31)32/h1-12,16,19,33H,13-15H2,(H,31,32)/p-1. The molecule has 3 rings (SSSR count). The van der Waals surface area contributed by atoms with Crippen LogP contribution in [0, 0.1) is 0 Å². The molecule has 0 bridgehead atoms. The Morgan fingerprint density at radius 1 is 0.974 bits per heavy atom. The van der Waals surface area contributed by atoms with Crippen LogP contribution in [0.2, 0.25) is 0 Å². The molecule has 0 fully saturated rings. The Hall–Kier alpha value is -4.10. The summed E-state index contributed by atoms with van der Waals surface area (Å²) in [4.78, 5) is 21.9. The monoisotopic (exact) mass is 552 g/mol. The van der Waals surface area contributed by atoms with Gasteiger partial charge in [0.2, 0.25) is 6.41 Å². The predicted molar refractivity (Wildman–Crippen MR) is 124 cm³/mol. The number of carbonyl (C=O) groups is 2. The lowest BCUT2D eigenvalue weighted by molar-refractivity contribution is -0.304. The molecule has 0 aliphatic rings. The minimum atomic E-state index is -4.83. The van der Waals surface area contributed by atoms with Crippen molar-refractivity contribution in [2.45, 2.75) is 30.1 Å². The summed E-state index contributed by atoms with van der Waals surface area (Å²) in [5.74, 6) is -1.99. The lowest BCUT2D eigenvalue weighted by atomic mass is 10.0.